The van der Waals surface area contributed by atoms with Crippen molar-refractivity contribution >= 4 is 34.3 Å². The van der Waals surface area contributed by atoms with Gasteiger partial charge in [-0.2, -0.15) is 5.10 Å². The lowest BCUT2D eigenvalue weighted by atomic mass is 10.0. The number of nitrogens with one attached hydrogen (secondary N) is 1. The van der Waals surface area contributed by atoms with E-state index in [4.69, 9.17) is 0 Å². The van der Waals surface area contributed by atoms with Crippen LogP contribution >= 0.6 is 0 Å². The van der Waals surface area contributed by atoms with Crippen molar-refractivity contribution in [2.45, 2.75) is 6.54 Å². The van der Waals surface area contributed by atoms with Crippen molar-refractivity contribution in [3.63, 3.8) is 0 Å². The van der Waals surface area contributed by atoms with Gasteiger partial charge >= 0.3 is 0 Å². The molecule has 0 aliphatic rings. The molecule has 0 bridgehead atoms. The summed E-state index contributed by atoms with van der Waals surface area (Å²) in [5.41, 5.74) is 1.81. The SMILES string of the molecule is O=C(/C=C/c1ccc([N+](=O)[O-])cc1)Nc1ccnn1Cc1cccc2ccccc12. The Hall–Kier alpha value is -4.26. The number of nitrogens with zero attached hydrogens (tertiary/aromatic N) is 3. The number of fused-ring (bicyclic) bond motifs is 1. The molecule has 0 aliphatic heterocycles. The van der Waals surface area contributed by atoms with Gasteiger partial charge < -0.3 is 5.32 Å². The molecule has 0 saturated heterocycles. The number of benzene rings is 3. The highest BCUT2D eigenvalue weighted by atomic mass is 16.6. The average Bonchev–Trinajstić information content (AvgIpc) is 3.19. The van der Waals surface area contributed by atoms with E-state index in [2.05, 4.69) is 28.6 Å². The van der Waals surface area contributed by atoms with Crippen LogP contribution < -0.4 is 5.32 Å². The van der Waals surface area contributed by atoms with Crippen LogP contribution in [0.5, 0.6) is 0 Å². The molecule has 0 saturated carbocycles. The lowest BCUT2D eigenvalue weighted by Crippen LogP contribution is -2.13. The second-order valence-corrected chi connectivity index (χ2v) is 6.68. The third kappa shape index (κ3) is 4.25. The number of anilines is 1. The molecular formula is C23H18N4O3. The van der Waals surface area contributed by atoms with Crippen molar-refractivity contribution in [3.05, 3.63) is 106 Å². The molecule has 1 N–H and O–H groups in total. The Labute approximate surface area is 172 Å². The van der Waals surface area contributed by atoms with Crippen LogP contribution in [0.2, 0.25) is 0 Å². The van der Waals surface area contributed by atoms with Gasteiger partial charge in [-0.25, -0.2) is 4.68 Å². The third-order valence-corrected chi connectivity index (χ3v) is 4.70. The molecule has 0 radical (unpaired) electrons. The Morgan fingerprint density at radius 2 is 1.80 bits per heavy atom. The van der Waals surface area contributed by atoms with Gasteiger partial charge in [0.15, 0.2) is 0 Å². The first kappa shape index (κ1) is 19.1. The van der Waals surface area contributed by atoms with Crippen LogP contribution in [0.1, 0.15) is 11.1 Å². The molecule has 0 atom stereocenters. The first-order valence-electron chi connectivity index (χ1n) is 9.32. The van der Waals surface area contributed by atoms with Gasteiger partial charge in [0.2, 0.25) is 5.91 Å². The second-order valence-electron chi connectivity index (χ2n) is 6.68. The lowest BCUT2D eigenvalue weighted by molar-refractivity contribution is -0.384. The van der Waals surface area contributed by atoms with Crippen molar-refractivity contribution in [3.8, 4) is 0 Å². The fourth-order valence-electron chi connectivity index (χ4n) is 3.20. The highest BCUT2D eigenvalue weighted by molar-refractivity contribution is 6.01. The molecule has 0 unspecified atom stereocenters. The van der Waals surface area contributed by atoms with Gasteiger partial charge in [0, 0.05) is 24.3 Å². The van der Waals surface area contributed by atoms with Crippen LogP contribution in [-0.4, -0.2) is 20.6 Å². The molecule has 3 aromatic carbocycles. The Morgan fingerprint density at radius 1 is 1.03 bits per heavy atom. The maximum Gasteiger partial charge on any atom is 0.269 e. The van der Waals surface area contributed by atoms with E-state index in [0.717, 1.165) is 16.3 Å². The molecule has 1 heterocycles. The lowest BCUT2D eigenvalue weighted by Gasteiger charge is -2.10. The first-order valence-corrected chi connectivity index (χ1v) is 9.32. The molecular weight excluding hydrogens is 380 g/mol. The van der Waals surface area contributed by atoms with E-state index in [1.54, 1.807) is 35.2 Å². The van der Waals surface area contributed by atoms with Crippen LogP contribution in [0.25, 0.3) is 16.8 Å². The zero-order valence-electron chi connectivity index (χ0n) is 15.9. The Bertz CT molecular complexity index is 1240. The zero-order valence-corrected chi connectivity index (χ0v) is 15.9. The average molecular weight is 398 g/mol. The number of amides is 1. The predicted octanol–water partition coefficient (Wildman–Crippen LogP) is 4.64. The number of aromatic nitrogens is 2. The standard InChI is InChI=1S/C23H18N4O3/c28-23(13-10-17-8-11-20(12-9-17)27(29)30)25-22-14-15-24-26(22)16-19-6-3-5-18-4-1-2-7-21(18)19/h1-15H,16H2,(H,25,28)/b13-10+. The van der Waals surface area contributed by atoms with Crippen molar-refractivity contribution in [2.24, 2.45) is 0 Å². The van der Waals surface area contributed by atoms with E-state index >= 15 is 0 Å². The predicted molar refractivity (Wildman–Crippen MR) is 116 cm³/mol. The number of nitro groups is 1. The molecule has 0 aliphatic carbocycles. The number of hydrogen-bond donors (Lipinski definition) is 1. The third-order valence-electron chi connectivity index (χ3n) is 4.70. The van der Waals surface area contributed by atoms with E-state index in [0.29, 0.717) is 17.9 Å². The Morgan fingerprint density at radius 3 is 2.60 bits per heavy atom. The largest absolute Gasteiger partial charge is 0.307 e. The number of hydrogen-bond acceptors (Lipinski definition) is 4. The number of nitro benzene ring substituents is 1. The number of carbonyl (C=O) groups excluding carboxylic acids is 1. The Kier molecular flexibility index (Phi) is 5.34. The minimum Gasteiger partial charge on any atom is -0.307 e. The summed E-state index contributed by atoms with van der Waals surface area (Å²) in [5.74, 6) is 0.273. The summed E-state index contributed by atoms with van der Waals surface area (Å²) in [7, 11) is 0. The van der Waals surface area contributed by atoms with E-state index in [1.807, 2.05) is 24.3 Å². The molecule has 1 amide bonds. The number of non-ortho nitro benzene ring substituents is 1. The van der Waals surface area contributed by atoms with Gasteiger partial charge in [-0.3, -0.25) is 14.9 Å². The van der Waals surface area contributed by atoms with Crippen LogP contribution in [0.15, 0.2) is 85.1 Å². The van der Waals surface area contributed by atoms with Crippen LogP contribution in [0.3, 0.4) is 0 Å². The van der Waals surface area contributed by atoms with E-state index in [-0.39, 0.29) is 11.6 Å². The normalized spacial score (nSPS) is 11.1. The minimum atomic E-state index is -0.461. The van der Waals surface area contributed by atoms with Crippen LogP contribution in [0, 0.1) is 10.1 Å². The van der Waals surface area contributed by atoms with Crippen molar-refractivity contribution < 1.29 is 9.72 Å². The van der Waals surface area contributed by atoms with Crippen molar-refractivity contribution in [2.75, 3.05) is 5.32 Å². The van der Waals surface area contributed by atoms with Gasteiger partial charge in [0.05, 0.1) is 17.7 Å². The van der Waals surface area contributed by atoms with E-state index in [9.17, 15) is 14.9 Å². The van der Waals surface area contributed by atoms with E-state index in [1.165, 1.54) is 18.2 Å². The highest BCUT2D eigenvalue weighted by Crippen LogP contribution is 2.20. The zero-order chi connectivity index (χ0) is 20.9. The fraction of sp³-hybridized carbons (Fsp3) is 0.0435. The van der Waals surface area contributed by atoms with Gasteiger partial charge in [-0.05, 0) is 40.1 Å². The van der Waals surface area contributed by atoms with Gasteiger partial charge in [-0.1, -0.05) is 42.5 Å². The maximum absolute atomic E-state index is 12.3. The summed E-state index contributed by atoms with van der Waals surface area (Å²) in [5, 5.41) is 20.2. The molecule has 1 aromatic heterocycles. The Balaban J connectivity index is 1.46. The summed E-state index contributed by atoms with van der Waals surface area (Å²) >= 11 is 0. The fourth-order valence-corrected chi connectivity index (χ4v) is 3.20. The van der Waals surface area contributed by atoms with Gasteiger partial charge in [0.25, 0.3) is 5.69 Å². The van der Waals surface area contributed by atoms with Crippen LogP contribution in [-0.2, 0) is 11.3 Å². The molecule has 30 heavy (non-hydrogen) atoms. The topological polar surface area (TPSA) is 90.1 Å². The maximum atomic E-state index is 12.3. The summed E-state index contributed by atoms with van der Waals surface area (Å²) in [4.78, 5) is 22.6. The summed E-state index contributed by atoms with van der Waals surface area (Å²) in [6, 6.07) is 22.0. The van der Waals surface area contributed by atoms with E-state index < -0.39 is 4.92 Å². The minimum absolute atomic E-state index is 0.00828. The summed E-state index contributed by atoms with van der Waals surface area (Å²) in [6.07, 6.45) is 4.63. The summed E-state index contributed by atoms with van der Waals surface area (Å²) in [6.45, 7) is 0.524. The molecule has 4 rings (SSSR count). The molecule has 7 heteroatoms. The number of carbonyl (C=O) groups is 1. The first-order chi connectivity index (χ1) is 14.6. The quantitative estimate of drug-likeness (QED) is 0.291. The smallest absolute Gasteiger partial charge is 0.269 e. The van der Waals surface area contributed by atoms with Crippen LogP contribution in [0.4, 0.5) is 11.5 Å². The molecule has 148 valence electrons. The van der Waals surface area contributed by atoms with Gasteiger partial charge in [0.1, 0.15) is 5.82 Å². The van der Waals surface area contributed by atoms with Crippen molar-refractivity contribution in [1.29, 1.82) is 0 Å². The molecule has 0 fully saturated rings. The van der Waals surface area contributed by atoms with Gasteiger partial charge in [-0.15, -0.1) is 0 Å². The molecule has 7 nitrogen and oxygen atoms in total. The second kappa shape index (κ2) is 8.40. The molecule has 0 spiro atoms. The molecule has 4 aromatic rings. The number of rotatable bonds is 6. The highest BCUT2D eigenvalue weighted by Gasteiger charge is 2.08. The van der Waals surface area contributed by atoms with Crippen molar-refractivity contribution in [1.82, 2.24) is 9.78 Å². The summed E-state index contributed by atoms with van der Waals surface area (Å²) < 4.78 is 1.74. The monoisotopic (exact) mass is 398 g/mol.